The van der Waals surface area contributed by atoms with Crippen molar-refractivity contribution in [3.05, 3.63) is 77.9 Å². The molecule has 1 saturated heterocycles. The minimum atomic E-state index is -0.977. The molecule has 2 heterocycles. The number of anilines is 1. The number of carbonyl (C=O) groups is 8. The molecule has 76 heavy (non-hydrogen) atoms. The van der Waals surface area contributed by atoms with Crippen LogP contribution in [0.1, 0.15) is 91.2 Å². The summed E-state index contributed by atoms with van der Waals surface area (Å²) in [6.45, 7) is 13.4. The molecule has 9 amide bonds. The van der Waals surface area contributed by atoms with Gasteiger partial charge in [0.2, 0.25) is 29.5 Å². The predicted molar refractivity (Wildman–Crippen MR) is 287 cm³/mol. The molecule has 0 radical (unpaired) electrons. The first kappa shape index (κ1) is 62.3. The van der Waals surface area contributed by atoms with E-state index in [9.17, 15) is 38.4 Å². The first-order valence-electron chi connectivity index (χ1n) is 26.7. The molecule has 20 heteroatoms. The molecule has 1 fully saturated rings. The Morgan fingerprint density at radius 3 is 2.03 bits per heavy atom. The van der Waals surface area contributed by atoms with Crippen LogP contribution in [0.15, 0.2) is 66.7 Å². The molecule has 420 valence electrons. The zero-order chi connectivity index (χ0) is 55.9. The molecular weight excluding hydrogens is 977 g/mol. The van der Waals surface area contributed by atoms with Gasteiger partial charge >= 0.3 is 6.03 Å². The number of amides is 9. The second-order valence-electron chi connectivity index (χ2n) is 20.0. The van der Waals surface area contributed by atoms with Gasteiger partial charge in [-0.2, -0.15) is 0 Å². The monoisotopic (exact) mass is 1060 g/mol. The summed E-state index contributed by atoms with van der Waals surface area (Å²) < 4.78 is 22.9. The van der Waals surface area contributed by atoms with Crippen LogP contribution in [0.25, 0.3) is 0 Å². The van der Waals surface area contributed by atoms with Crippen molar-refractivity contribution in [3.63, 3.8) is 0 Å². The van der Waals surface area contributed by atoms with Crippen LogP contribution in [0, 0.1) is 17.8 Å². The Morgan fingerprint density at radius 1 is 0.763 bits per heavy atom. The molecule has 0 saturated carbocycles. The van der Waals surface area contributed by atoms with Gasteiger partial charge in [0.15, 0.2) is 0 Å². The number of rotatable bonds is 32. The first-order valence-corrected chi connectivity index (χ1v) is 26.7. The quantitative estimate of drug-likeness (QED) is 0.0593. The molecule has 0 spiro atoms. The van der Waals surface area contributed by atoms with Crippen molar-refractivity contribution < 1.29 is 57.3 Å². The maximum atomic E-state index is 14.4. The third kappa shape index (κ3) is 18.5. The third-order valence-corrected chi connectivity index (χ3v) is 14.5. The Hall–Kier alpha value is -6.22. The van der Waals surface area contributed by atoms with E-state index in [1.807, 2.05) is 51.1 Å². The Kier molecular flexibility index (Phi) is 26.0. The summed E-state index contributed by atoms with van der Waals surface area (Å²) in [6, 6.07) is 14.1. The molecule has 7 unspecified atom stereocenters. The predicted octanol–water partition coefficient (Wildman–Crippen LogP) is 4.31. The number of nitrogens with one attached hydrogen (secondary N) is 4. The van der Waals surface area contributed by atoms with Crippen LogP contribution in [-0.2, 0) is 65.5 Å². The molecule has 2 aromatic rings. The topological polar surface area (TPSA) is 235 Å². The largest absolute Gasteiger partial charge is 0.379 e. The Labute approximate surface area is 449 Å². The van der Waals surface area contributed by atoms with Gasteiger partial charge in [-0.15, -0.1) is 0 Å². The van der Waals surface area contributed by atoms with Crippen molar-refractivity contribution in [2.75, 3.05) is 79.7 Å². The zero-order valence-electron chi connectivity index (χ0n) is 46.3. The summed E-state index contributed by atoms with van der Waals surface area (Å²) in [7, 11) is 6.45. The van der Waals surface area contributed by atoms with Gasteiger partial charge in [-0.1, -0.05) is 90.4 Å². The van der Waals surface area contributed by atoms with Gasteiger partial charge in [0, 0.05) is 78.1 Å². The first-order chi connectivity index (χ1) is 36.3. The lowest BCUT2D eigenvalue weighted by molar-refractivity contribution is -0.145. The summed E-state index contributed by atoms with van der Waals surface area (Å²) in [5.74, 6) is -2.90. The highest BCUT2D eigenvalue weighted by molar-refractivity contribution is 6.12. The van der Waals surface area contributed by atoms with Crippen LogP contribution < -0.4 is 21.3 Å². The number of carbonyl (C=O) groups excluding carboxylic acids is 8. The lowest BCUT2D eigenvalue weighted by atomic mass is 9.90. The molecule has 20 nitrogen and oxygen atoms in total. The second-order valence-corrected chi connectivity index (χ2v) is 20.0. The molecule has 2 aliphatic heterocycles. The second kappa shape index (κ2) is 31.7. The molecule has 8 atom stereocenters. The average Bonchev–Trinajstić information content (AvgIpc) is 4.03. The SMILES string of the molecule is CCC(C)C(C(CC(=O)N1CCCC1C(OC)C(C)C(=O)N[C@@H](Cc1ccccc1)C(=O)Nc1ccc(CNC(=O)CCOCCOCCN2C(=O)C=CC2=O)cc1)OC)N(C)C(=O)CNC(=O)N(C)C(CC)C(C)C. The highest BCUT2D eigenvalue weighted by atomic mass is 16.5. The maximum Gasteiger partial charge on any atom is 0.317 e. The number of nitrogens with zero attached hydrogens (tertiary/aromatic N) is 4. The van der Waals surface area contributed by atoms with Crippen molar-refractivity contribution in [1.82, 2.24) is 35.6 Å². The van der Waals surface area contributed by atoms with Gasteiger partial charge in [-0.3, -0.25) is 38.5 Å². The fraction of sp³-hybridized carbons (Fsp3) is 0.607. The fourth-order valence-electron chi connectivity index (χ4n) is 9.95. The number of likely N-dealkylation sites (N-methyl/N-ethyl adjacent to an activating group) is 1. The van der Waals surface area contributed by atoms with E-state index in [2.05, 4.69) is 35.1 Å². The Morgan fingerprint density at radius 2 is 1.42 bits per heavy atom. The number of hydrogen-bond acceptors (Lipinski definition) is 12. The number of urea groups is 1. The van der Waals surface area contributed by atoms with E-state index in [0.717, 1.165) is 22.4 Å². The molecule has 4 N–H and O–H groups in total. The van der Waals surface area contributed by atoms with Crippen molar-refractivity contribution in [3.8, 4) is 0 Å². The van der Waals surface area contributed by atoms with E-state index < -0.39 is 48.1 Å². The highest BCUT2D eigenvalue weighted by Crippen LogP contribution is 2.30. The normalized spacial score (nSPS) is 17.1. The fourth-order valence-corrected chi connectivity index (χ4v) is 9.95. The summed E-state index contributed by atoms with van der Waals surface area (Å²) in [4.78, 5) is 111. The van der Waals surface area contributed by atoms with Crippen LogP contribution >= 0.6 is 0 Å². The van der Waals surface area contributed by atoms with Crippen molar-refractivity contribution >= 4 is 53.1 Å². The van der Waals surface area contributed by atoms with E-state index in [0.29, 0.717) is 31.5 Å². The van der Waals surface area contributed by atoms with Gasteiger partial charge in [0.1, 0.15) is 6.04 Å². The number of imide groups is 1. The number of ether oxygens (including phenoxy) is 4. The van der Waals surface area contributed by atoms with Crippen molar-refractivity contribution in [1.29, 1.82) is 0 Å². The van der Waals surface area contributed by atoms with Crippen molar-refractivity contribution in [2.24, 2.45) is 17.8 Å². The smallest absolute Gasteiger partial charge is 0.317 e. The number of benzene rings is 2. The van der Waals surface area contributed by atoms with Crippen LogP contribution in [0.5, 0.6) is 0 Å². The van der Waals surface area contributed by atoms with E-state index in [1.54, 1.807) is 60.0 Å². The molecule has 4 rings (SSSR count). The zero-order valence-corrected chi connectivity index (χ0v) is 46.3. The summed E-state index contributed by atoms with van der Waals surface area (Å²) >= 11 is 0. The molecule has 2 aromatic carbocycles. The van der Waals surface area contributed by atoms with Gasteiger partial charge < -0.3 is 54.9 Å². The molecule has 0 aliphatic carbocycles. The molecule has 2 aliphatic rings. The third-order valence-electron chi connectivity index (χ3n) is 14.5. The highest BCUT2D eigenvalue weighted by Gasteiger charge is 2.42. The Bertz CT molecular complexity index is 2230. The number of hydrogen-bond donors (Lipinski definition) is 4. The van der Waals surface area contributed by atoms with Gasteiger partial charge in [0.25, 0.3) is 11.8 Å². The summed E-state index contributed by atoms with van der Waals surface area (Å²) in [6.07, 6.45) is 4.11. The van der Waals surface area contributed by atoms with Gasteiger partial charge in [-0.25, -0.2) is 4.79 Å². The molecule has 0 aromatic heterocycles. The summed E-state index contributed by atoms with van der Waals surface area (Å²) in [5.41, 5.74) is 2.12. The summed E-state index contributed by atoms with van der Waals surface area (Å²) in [5, 5.41) is 11.5. The van der Waals surface area contributed by atoms with Gasteiger partial charge in [0.05, 0.1) is 76.1 Å². The van der Waals surface area contributed by atoms with Crippen LogP contribution in [0.4, 0.5) is 10.5 Å². The lowest BCUT2D eigenvalue weighted by Crippen LogP contribution is -2.55. The Balaban J connectivity index is 1.32. The maximum absolute atomic E-state index is 14.4. The van der Waals surface area contributed by atoms with E-state index >= 15 is 0 Å². The minimum absolute atomic E-state index is 0.0193. The number of likely N-dealkylation sites (tertiary alicyclic amines) is 1. The van der Waals surface area contributed by atoms with E-state index in [4.69, 9.17) is 18.9 Å². The number of methoxy groups -OCH3 is 2. The van der Waals surface area contributed by atoms with Crippen molar-refractivity contribution in [2.45, 2.75) is 129 Å². The van der Waals surface area contributed by atoms with E-state index in [1.165, 1.54) is 26.4 Å². The average molecular weight is 1060 g/mol. The minimum Gasteiger partial charge on any atom is -0.379 e. The van der Waals surface area contributed by atoms with Crippen LogP contribution in [0.3, 0.4) is 0 Å². The molecule has 0 bridgehead atoms. The molecular formula is C56H84N8O12. The van der Waals surface area contributed by atoms with Gasteiger partial charge in [-0.05, 0) is 54.4 Å². The van der Waals surface area contributed by atoms with E-state index in [-0.39, 0.29) is 119 Å². The van der Waals surface area contributed by atoms with Crippen LogP contribution in [0.2, 0.25) is 0 Å². The lowest BCUT2D eigenvalue weighted by Gasteiger charge is -2.39. The van der Waals surface area contributed by atoms with Crippen LogP contribution in [-0.4, -0.2) is 178 Å². The standard InChI is InChI=1S/C56H84N8O12/c1-11-38(5)52(62(8)51(69)36-58-56(72)61(7)44(12-2)37(3)4)46(73-9)34-50(68)63-27-16-19-45(63)53(74-10)39(6)54(70)60-43(33-40-17-14-13-15-18-40)55(71)59-42-22-20-41(21-23-42)35-57-47(65)26-29-75-31-32-76-30-28-64-48(66)24-25-49(64)67/h13-15,17-18,20-25,37-39,43-46,52-53H,11-12,16,19,26-36H2,1-10H3,(H,57,65)(H,58,72)(H,59,71)(H,60,70)/t38?,39?,43-,44?,45?,46?,52?,53?/m0/s1.